The van der Waals surface area contributed by atoms with E-state index in [1.54, 1.807) is 66.7 Å². The number of carbonyl (C=O) groups is 3. The highest BCUT2D eigenvalue weighted by Gasteiger charge is 2.15. The summed E-state index contributed by atoms with van der Waals surface area (Å²) >= 11 is 0. The van der Waals surface area contributed by atoms with Crippen LogP contribution in [0.4, 0.5) is 11.4 Å². The summed E-state index contributed by atoms with van der Waals surface area (Å²) in [5.41, 5.74) is 4.70. The molecule has 0 radical (unpaired) electrons. The molecule has 0 bridgehead atoms. The Morgan fingerprint density at radius 1 is 0.846 bits per heavy atom. The van der Waals surface area contributed by atoms with Crippen molar-refractivity contribution in [3.63, 3.8) is 0 Å². The Kier molecular flexibility index (Phi) is 8.17. The fourth-order valence-corrected chi connectivity index (χ4v) is 3.55. The number of ether oxygens (including phenoxy) is 1. The first-order chi connectivity index (χ1) is 18.8. The van der Waals surface area contributed by atoms with Crippen molar-refractivity contribution in [2.24, 2.45) is 5.10 Å². The summed E-state index contributed by atoms with van der Waals surface area (Å²) < 4.78 is 5.43. The lowest BCUT2D eigenvalue weighted by atomic mass is 10.1. The highest BCUT2D eigenvalue weighted by atomic mass is 16.6. The maximum absolute atomic E-state index is 12.8. The molecule has 0 unspecified atom stereocenters. The van der Waals surface area contributed by atoms with E-state index in [0.29, 0.717) is 16.8 Å². The van der Waals surface area contributed by atoms with Gasteiger partial charge in [0.05, 0.1) is 28.0 Å². The van der Waals surface area contributed by atoms with Crippen molar-refractivity contribution in [2.45, 2.75) is 6.92 Å². The van der Waals surface area contributed by atoms with Crippen LogP contribution in [-0.2, 0) is 0 Å². The lowest BCUT2D eigenvalue weighted by molar-refractivity contribution is -0.384. The van der Waals surface area contributed by atoms with Gasteiger partial charge in [-0.25, -0.2) is 10.2 Å². The molecule has 194 valence electrons. The minimum absolute atomic E-state index is 0.130. The lowest BCUT2D eigenvalue weighted by Crippen LogP contribution is -2.21. The number of nitrogens with one attached hydrogen (secondary N) is 2. The fourth-order valence-electron chi connectivity index (χ4n) is 3.55. The predicted molar refractivity (Wildman–Crippen MR) is 145 cm³/mol. The van der Waals surface area contributed by atoms with E-state index < -0.39 is 16.8 Å². The third-order valence-electron chi connectivity index (χ3n) is 5.51. The highest BCUT2D eigenvalue weighted by molar-refractivity contribution is 6.09. The zero-order chi connectivity index (χ0) is 27.8. The van der Waals surface area contributed by atoms with E-state index in [4.69, 9.17) is 4.74 Å². The molecule has 10 heteroatoms. The normalized spacial score (nSPS) is 10.6. The number of carbonyl (C=O) groups excluding carboxylic acids is 3. The van der Waals surface area contributed by atoms with E-state index in [0.717, 1.165) is 5.56 Å². The van der Waals surface area contributed by atoms with E-state index in [1.807, 2.05) is 13.0 Å². The molecule has 4 rings (SSSR count). The Morgan fingerprint density at radius 3 is 2.31 bits per heavy atom. The monoisotopic (exact) mass is 522 g/mol. The fraction of sp³-hybridized carbons (Fsp3) is 0.0345. The van der Waals surface area contributed by atoms with Crippen molar-refractivity contribution in [3.05, 3.63) is 135 Å². The Morgan fingerprint density at radius 2 is 1.56 bits per heavy atom. The Labute approximate surface area is 223 Å². The molecule has 0 heterocycles. The van der Waals surface area contributed by atoms with Crippen LogP contribution in [0.25, 0.3) is 0 Å². The lowest BCUT2D eigenvalue weighted by Gasteiger charge is -2.10. The van der Waals surface area contributed by atoms with Crippen LogP contribution in [0.5, 0.6) is 5.75 Å². The topological polar surface area (TPSA) is 140 Å². The molecule has 0 aliphatic carbocycles. The molecule has 0 aliphatic heterocycles. The smallest absolute Gasteiger partial charge is 0.343 e. The van der Waals surface area contributed by atoms with Crippen molar-refractivity contribution in [1.82, 2.24) is 5.43 Å². The van der Waals surface area contributed by atoms with Crippen LogP contribution in [0.1, 0.15) is 42.2 Å². The first-order valence-corrected chi connectivity index (χ1v) is 11.7. The van der Waals surface area contributed by atoms with E-state index in [9.17, 15) is 24.5 Å². The van der Waals surface area contributed by atoms with Crippen LogP contribution < -0.4 is 15.5 Å². The number of hydrogen-bond donors (Lipinski definition) is 2. The number of anilines is 1. The average molecular weight is 523 g/mol. The van der Waals surface area contributed by atoms with Gasteiger partial charge in [0.25, 0.3) is 17.5 Å². The van der Waals surface area contributed by atoms with Gasteiger partial charge in [0, 0.05) is 23.3 Å². The van der Waals surface area contributed by atoms with Crippen LogP contribution in [0.2, 0.25) is 0 Å². The second-order valence-electron chi connectivity index (χ2n) is 8.30. The number of aryl methyl sites for hydroxylation is 1. The quantitative estimate of drug-likeness (QED) is 0.108. The van der Waals surface area contributed by atoms with E-state index in [-0.39, 0.29) is 28.5 Å². The van der Waals surface area contributed by atoms with Gasteiger partial charge < -0.3 is 10.1 Å². The number of nitrogens with zero attached hydrogens (tertiary/aromatic N) is 2. The van der Waals surface area contributed by atoms with Crippen molar-refractivity contribution in [2.75, 3.05) is 5.32 Å². The average Bonchev–Trinajstić information content (AvgIpc) is 2.94. The van der Waals surface area contributed by atoms with Crippen molar-refractivity contribution in [3.8, 4) is 5.75 Å². The summed E-state index contributed by atoms with van der Waals surface area (Å²) in [4.78, 5) is 48.3. The Balaban J connectivity index is 1.44. The van der Waals surface area contributed by atoms with Gasteiger partial charge in [-0.2, -0.15) is 5.10 Å². The van der Waals surface area contributed by atoms with Gasteiger partial charge in [0.15, 0.2) is 0 Å². The molecule has 0 aromatic heterocycles. The standard InChI is InChI=1S/C29H22N4O6/c1-19-7-6-9-21(17-19)27(34)31-25-11-4-3-10-24(25)28(35)32-30-18-22-8-2-5-12-26(22)39-29(36)20-13-15-23(16-14-20)33(37)38/h2-18H,1H3,(H,31,34)(H,32,35)/b30-18-. The Bertz CT molecular complexity index is 1580. The molecule has 2 N–H and O–H groups in total. The molecule has 0 saturated carbocycles. The zero-order valence-electron chi connectivity index (χ0n) is 20.7. The number of hydrazone groups is 1. The van der Waals surface area contributed by atoms with Gasteiger partial charge in [-0.15, -0.1) is 0 Å². The number of nitro benzene ring substituents is 1. The molecule has 4 aromatic rings. The van der Waals surface area contributed by atoms with Crippen LogP contribution in [0.3, 0.4) is 0 Å². The number of para-hydroxylation sites is 2. The summed E-state index contributed by atoms with van der Waals surface area (Å²) in [7, 11) is 0. The molecule has 0 saturated heterocycles. The van der Waals surface area contributed by atoms with Crippen molar-refractivity contribution >= 4 is 35.4 Å². The van der Waals surface area contributed by atoms with Gasteiger partial charge in [0.2, 0.25) is 0 Å². The summed E-state index contributed by atoms with van der Waals surface area (Å²) in [5.74, 6) is -1.46. The van der Waals surface area contributed by atoms with Gasteiger partial charge in [-0.05, 0) is 55.5 Å². The molecule has 2 amide bonds. The van der Waals surface area contributed by atoms with E-state index >= 15 is 0 Å². The highest BCUT2D eigenvalue weighted by Crippen LogP contribution is 2.20. The molecule has 4 aromatic carbocycles. The molecule has 39 heavy (non-hydrogen) atoms. The first kappa shape index (κ1) is 26.4. The minimum Gasteiger partial charge on any atom is -0.422 e. The zero-order valence-corrected chi connectivity index (χ0v) is 20.7. The minimum atomic E-state index is -0.715. The van der Waals surface area contributed by atoms with Crippen LogP contribution in [-0.4, -0.2) is 28.9 Å². The van der Waals surface area contributed by atoms with Gasteiger partial charge in [-0.1, -0.05) is 42.0 Å². The molecule has 0 fully saturated rings. The SMILES string of the molecule is Cc1cccc(C(=O)Nc2ccccc2C(=O)N/N=C\c2ccccc2OC(=O)c2ccc([N+](=O)[O-])cc2)c1. The number of esters is 1. The summed E-state index contributed by atoms with van der Waals surface area (Å²) in [5, 5.41) is 17.5. The molecular formula is C29H22N4O6. The van der Waals surface area contributed by atoms with Crippen molar-refractivity contribution < 1.29 is 24.0 Å². The number of hydrogen-bond acceptors (Lipinski definition) is 7. The van der Waals surface area contributed by atoms with Gasteiger partial charge >= 0.3 is 5.97 Å². The summed E-state index contributed by atoms with van der Waals surface area (Å²) in [6.45, 7) is 1.88. The van der Waals surface area contributed by atoms with E-state index in [2.05, 4.69) is 15.8 Å². The second-order valence-corrected chi connectivity index (χ2v) is 8.30. The second kappa shape index (κ2) is 12.1. The summed E-state index contributed by atoms with van der Waals surface area (Å²) in [6.07, 6.45) is 1.31. The first-order valence-electron chi connectivity index (χ1n) is 11.7. The number of rotatable bonds is 8. The third kappa shape index (κ3) is 6.77. The molecule has 10 nitrogen and oxygen atoms in total. The third-order valence-corrected chi connectivity index (χ3v) is 5.51. The molecule has 0 atom stereocenters. The number of benzene rings is 4. The maximum atomic E-state index is 12.8. The molecular weight excluding hydrogens is 500 g/mol. The largest absolute Gasteiger partial charge is 0.422 e. The number of amides is 2. The van der Waals surface area contributed by atoms with Crippen LogP contribution in [0.15, 0.2) is 102 Å². The van der Waals surface area contributed by atoms with E-state index in [1.165, 1.54) is 30.5 Å². The van der Waals surface area contributed by atoms with Gasteiger partial charge in [-0.3, -0.25) is 19.7 Å². The number of nitro groups is 1. The summed E-state index contributed by atoms with van der Waals surface area (Å²) in [6, 6.07) is 25.1. The maximum Gasteiger partial charge on any atom is 0.343 e. The Hall–Kier alpha value is -5.64. The molecule has 0 spiro atoms. The van der Waals surface area contributed by atoms with Crippen LogP contribution in [0, 0.1) is 17.0 Å². The van der Waals surface area contributed by atoms with Gasteiger partial charge in [0.1, 0.15) is 5.75 Å². The van der Waals surface area contributed by atoms with Crippen LogP contribution >= 0.6 is 0 Å². The molecule has 0 aliphatic rings. The van der Waals surface area contributed by atoms with Crippen molar-refractivity contribution in [1.29, 1.82) is 0 Å². The predicted octanol–water partition coefficient (Wildman–Crippen LogP) is 5.14. The number of non-ortho nitro benzene ring substituents is 1.